The lowest BCUT2D eigenvalue weighted by Crippen LogP contribution is -2.31. The van der Waals surface area contributed by atoms with Crippen LogP contribution in [0.3, 0.4) is 0 Å². The zero-order chi connectivity index (χ0) is 10.8. The highest BCUT2D eigenvalue weighted by molar-refractivity contribution is 5.85. The topological polar surface area (TPSA) is 73.3 Å². The Morgan fingerprint density at radius 2 is 2.33 bits per heavy atom. The summed E-state index contributed by atoms with van der Waals surface area (Å²) in [6.45, 7) is 0. The Hall–Kier alpha value is -1.65. The molecule has 1 aromatic heterocycles. The molecular formula is C10H11NO4. The molecule has 0 amide bonds. The molecule has 15 heavy (non-hydrogen) atoms. The highest BCUT2D eigenvalue weighted by Gasteiger charge is 2.37. The first-order valence-electron chi connectivity index (χ1n) is 4.88. The lowest BCUT2D eigenvalue weighted by Gasteiger charge is -2.21. The third-order valence-corrected chi connectivity index (χ3v) is 2.81. The Labute approximate surface area is 86.2 Å². The molecule has 2 rings (SSSR count). The summed E-state index contributed by atoms with van der Waals surface area (Å²) >= 11 is 0. The van der Waals surface area contributed by atoms with Crippen molar-refractivity contribution in [2.24, 2.45) is 0 Å². The van der Waals surface area contributed by atoms with Crippen molar-refractivity contribution in [3.63, 3.8) is 0 Å². The van der Waals surface area contributed by atoms with Crippen LogP contribution in [0.2, 0.25) is 0 Å². The summed E-state index contributed by atoms with van der Waals surface area (Å²) in [6, 6.07) is 2.78. The first kappa shape index (κ1) is 9.89. The van der Waals surface area contributed by atoms with Crippen LogP contribution in [0.5, 0.6) is 0 Å². The van der Waals surface area contributed by atoms with Crippen molar-refractivity contribution in [3.8, 4) is 0 Å². The maximum absolute atomic E-state index is 11.6. The van der Waals surface area contributed by atoms with Gasteiger partial charge >= 0.3 is 0 Å². The predicted molar refractivity (Wildman–Crippen MR) is 51.1 cm³/mol. The van der Waals surface area contributed by atoms with E-state index in [9.17, 15) is 14.9 Å². The summed E-state index contributed by atoms with van der Waals surface area (Å²) in [6.07, 6.45) is 2.37. The van der Waals surface area contributed by atoms with E-state index in [1.807, 2.05) is 0 Å². The Morgan fingerprint density at radius 3 is 2.93 bits per heavy atom. The smallest absolute Gasteiger partial charge is 0.214 e. The van der Waals surface area contributed by atoms with Crippen molar-refractivity contribution in [1.82, 2.24) is 0 Å². The van der Waals surface area contributed by atoms with Gasteiger partial charge in [0, 0.05) is 24.2 Å². The number of ketones is 1. The molecule has 0 aliphatic heterocycles. The summed E-state index contributed by atoms with van der Waals surface area (Å²) in [4.78, 5) is 21.9. The second-order valence-electron chi connectivity index (χ2n) is 3.75. The predicted octanol–water partition coefficient (Wildman–Crippen LogP) is 1.76. The fourth-order valence-electron chi connectivity index (χ4n) is 1.96. The van der Waals surface area contributed by atoms with Crippen LogP contribution < -0.4 is 0 Å². The second kappa shape index (κ2) is 3.84. The molecule has 2 atom stereocenters. The minimum Gasteiger partial charge on any atom is -0.469 e. The van der Waals surface area contributed by atoms with Crippen molar-refractivity contribution in [3.05, 3.63) is 34.3 Å². The van der Waals surface area contributed by atoms with E-state index in [0.717, 1.165) is 0 Å². The number of Topliss-reactive ketones (excluding diaryl/α,β-unsaturated/α-hetero) is 1. The van der Waals surface area contributed by atoms with E-state index in [-0.39, 0.29) is 23.5 Å². The number of carbonyl (C=O) groups excluding carboxylic acids is 1. The van der Waals surface area contributed by atoms with Crippen LogP contribution in [0.1, 0.15) is 30.9 Å². The number of hydrogen-bond donors (Lipinski definition) is 0. The molecule has 0 bridgehead atoms. The quantitative estimate of drug-likeness (QED) is 0.549. The fraction of sp³-hybridized carbons (Fsp3) is 0.500. The number of nitro groups is 1. The van der Waals surface area contributed by atoms with Gasteiger partial charge in [-0.3, -0.25) is 14.9 Å². The van der Waals surface area contributed by atoms with Gasteiger partial charge in [0.1, 0.15) is 11.5 Å². The van der Waals surface area contributed by atoms with Gasteiger partial charge in [-0.2, -0.15) is 0 Å². The summed E-state index contributed by atoms with van der Waals surface area (Å²) in [5.41, 5.74) is 0. The molecule has 0 radical (unpaired) electrons. The molecule has 0 aromatic carbocycles. The van der Waals surface area contributed by atoms with Crippen LogP contribution in [0.4, 0.5) is 0 Å². The highest BCUT2D eigenvalue weighted by atomic mass is 16.6. The van der Waals surface area contributed by atoms with Gasteiger partial charge in [-0.25, -0.2) is 0 Å². The normalized spacial score (nSPS) is 26.5. The van der Waals surface area contributed by atoms with E-state index in [1.54, 1.807) is 12.1 Å². The van der Waals surface area contributed by atoms with Crippen LogP contribution in [-0.2, 0) is 4.79 Å². The van der Waals surface area contributed by atoms with E-state index in [0.29, 0.717) is 12.2 Å². The molecule has 80 valence electrons. The van der Waals surface area contributed by atoms with Crippen molar-refractivity contribution in [1.29, 1.82) is 0 Å². The van der Waals surface area contributed by atoms with Crippen LogP contribution in [0, 0.1) is 10.1 Å². The van der Waals surface area contributed by atoms with Crippen LogP contribution >= 0.6 is 0 Å². The second-order valence-corrected chi connectivity index (χ2v) is 3.75. The SMILES string of the molecule is O=C1CCC([N+](=O)[O-])CC1c1ccco1. The molecule has 1 aliphatic carbocycles. The maximum atomic E-state index is 11.6. The molecule has 1 fully saturated rings. The first-order valence-corrected chi connectivity index (χ1v) is 4.88. The van der Waals surface area contributed by atoms with Crippen molar-refractivity contribution < 1.29 is 14.1 Å². The summed E-state index contributed by atoms with van der Waals surface area (Å²) < 4.78 is 5.13. The van der Waals surface area contributed by atoms with Crippen LogP contribution in [0.15, 0.2) is 22.8 Å². The highest BCUT2D eigenvalue weighted by Crippen LogP contribution is 2.31. The van der Waals surface area contributed by atoms with E-state index in [1.165, 1.54) is 6.26 Å². The van der Waals surface area contributed by atoms with Gasteiger partial charge in [-0.15, -0.1) is 0 Å². The standard InChI is InChI=1S/C10H11NO4/c12-9-4-3-7(11(13)14)6-8(9)10-2-1-5-15-10/h1-2,5,7-8H,3-4,6H2. The number of hydrogen-bond acceptors (Lipinski definition) is 4. The van der Waals surface area contributed by atoms with Gasteiger partial charge in [-0.1, -0.05) is 0 Å². The van der Waals surface area contributed by atoms with Gasteiger partial charge < -0.3 is 4.42 Å². The fourth-order valence-corrected chi connectivity index (χ4v) is 1.96. The zero-order valence-electron chi connectivity index (χ0n) is 8.09. The van der Waals surface area contributed by atoms with Gasteiger partial charge in [-0.05, 0) is 12.1 Å². The summed E-state index contributed by atoms with van der Waals surface area (Å²) in [7, 11) is 0. The van der Waals surface area contributed by atoms with Crippen molar-refractivity contribution in [2.45, 2.75) is 31.2 Å². The van der Waals surface area contributed by atoms with E-state index >= 15 is 0 Å². The Morgan fingerprint density at radius 1 is 1.53 bits per heavy atom. The minimum absolute atomic E-state index is 0.0445. The molecule has 1 aliphatic rings. The molecule has 0 saturated heterocycles. The molecule has 5 nitrogen and oxygen atoms in total. The summed E-state index contributed by atoms with van der Waals surface area (Å²) in [5, 5.41) is 10.6. The number of rotatable bonds is 2. The largest absolute Gasteiger partial charge is 0.469 e. The van der Waals surface area contributed by atoms with E-state index < -0.39 is 12.0 Å². The van der Waals surface area contributed by atoms with Gasteiger partial charge in [0.15, 0.2) is 0 Å². The Balaban J connectivity index is 2.16. The number of carbonyl (C=O) groups is 1. The molecule has 0 N–H and O–H groups in total. The molecule has 5 heteroatoms. The van der Waals surface area contributed by atoms with E-state index in [4.69, 9.17) is 4.42 Å². The summed E-state index contributed by atoms with van der Waals surface area (Å²) in [5.74, 6) is 0.166. The zero-order valence-corrected chi connectivity index (χ0v) is 8.09. The molecular weight excluding hydrogens is 198 g/mol. The molecule has 1 saturated carbocycles. The molecule has 2 unspecified atom stereocenters. The number of nitrogens with zero attached hydrogens (tertiary/aromatic N) is 1. The minimum atomic E-state index is -0.613. The first-order chi connectivity index (χ1) is 7.18. The maximum Gasteiger partial charge on any atom is 0.214 e. The van der Waals surface area contributed by atoms with Gasteiger partial charge in [0.05, 0.1) is 12.2 Å². The average molecular weight is 209 g/mol. The monoisotopic (exact) mass is 209 g/mol. The van der Waals surface area contributed by atoms with Gasteiger partial charge in [0.25, 0.3) is 0 Å². The third-order valence-electron chi connectivity index (χ3n) is 2.81. The van der Waals surface area contributed by atoms with E-state index in [2.05, 4.69) is 0 Å². The molecule has 1 aromatic rings. The van der Waals surface area contributed by atoms with Crippen LogP contribution in [-0.4, -0.2) is 16.7 Å². The average Bonchev–Trinajstić information content (AvgIpc) is 2.71. The van der Waals surface area contributed by atoms with Crippen molar-refractivity contribution >= 4 is 5.78 Å². The Kier molecular flexibility index (Phi) is 2.53. The molecule has 0 spiro atoms. The van der Waals surface area contributed by atoms with Crippen LogP contribution in [0.25, 0.3) is 0 Å². The third kappa shape index (κ3) is 1.91. The van der Waals surface area contributed by atoms with Gasteiger partial charge in [0.2, 0.25) is 6.04 Å². The lowest BCUT2D eigenvalue weighted by atomic mass is 9.83. The molecule has 1 heterocycles. The lowest BCUT2D eigenvalue weighted by molar-refractivity contribution is -0.525. The Bertz CT molecular complexity index is 371. The van der Waals surface area contributed by atoms with Crippen molar-refractivity contribution in [2.75, 3.05) is 0 Å². The number of furan rings is 1.